The second-order valence-electron chi connectivity index (χ2n) is 5.67. The molecule has 0 aromatic carbocycles. The Morgan fingerprint density at radius 3 is 2.38 bits per heavy atom. The fraction of sp³-hybridized carbons (Fsp3) is 1.00. The molecule has 1 N–H and O–H groups in total. The quantitative estimate of drug-likeness (QED) is 0.787. The van der Waals surface area contributed by atoms with Gasteiger partial charge in [0.2, 0.25) is 0 Å². The number of rotatable bonds is 2. The number of methoxy groups -OCH3 is 1. The zero-order valence-electron chi connectivity index (χ0n) is 11.1. The Bertz CT molecular complexity index is 236. The van der Waals surface area contributed by atoms with Crippen molar-refractivity contribution in [2.45, 2.75) is 70.7 Å². The van der Waals surface area contributed by atoms with Gasteiger partial charge in [0.15, 0.2) is 6.29 Å². The fourth-order valence-corrected chi connectivity index (χ4v) is 1.98. The summed E-state index contributed by atoms with van der Waals surface area (Å²) < 4.78 is 16.8. The minimum absolute atomic E-state index is 0.263. The Kier molecular flexibility index (Phi) is 4.00. The van der Waals surface area contributed by atoms with E-state index in [0.29, 0.717) is 6.42 Å². The Labute approximate surface area is 97.9 Å². The number of ether oxygens (including phenoxy) is 3. The first-order valence-corrected chi connectivity index (χ1v) is 5.74. The van der Waals surface area contributed by atoms with E-state index in [1.165, 1.54) is 0 Å². The average molecular weight is 232 g/mol. The summed E-state index contributed by atoms with van der Waals surface area (Å²) in [5.74, 6) is 0. The summed E-state index contributed by atoms with van der Waals surface area (Å²) in [6.07, 6.45) is -0.710. The van der Waals surface area contributed by atoms with Crippen LogP contribution in [0.15, 0.2) is 0 Å². The van der Waals surface area contributed by atoms with Crippen LogP contribution in [-0.2, 0) is 14.2 Å². The topological polar surface area (TPSA) is 47.9 Å². The number of aliphatic hydroxyl groups excluding tert-OH is 1. The predicted molar refractivity (Wildman–Crippen MR) is 61.2 cm³/mol. The lowest BCUT2D eigenvalue weighted by molar-refractivity contribution is -0.297. The van der Waals surface area contributed by atoms with E-state index in [9.17, 15) is 5.11 Å². The fourth-order valence-electron chi connectivity index (χ4n) is 1.98. The van der Waals surface area contributed by atoms with Gasteiger partial charge in [0.1, 0.15) is 6.10 Å². The van der Waals surface area contributed by atoms with Crippen molar-refractivity contribution in [3.8, 4) is 0 Å². The minimum Gasteiger partial charge on any atom is -0.387 e. The van der Waals surface area contributed by atoms with E-state index >= 15 is 0 Å². The summed E-state index contributed by atoms with van der Waals surface area (Å²) in [6, 6.07) is 0. The van der Waals surface area contributed by atoms with Gasteiger partial charge in [-0.05, 0) is 34.6 Å². The molecule has 0 unspecified atom stereocenters. The van der Waals surface area contributed by atoms with Crippen molar-refractivity contribution in [2.24, 2.45) is 0 Å². The molecule has 16 heavy (non-hydrogen) atoms. The number of hydrogen-bond acceptors (Lipinski definition) is 4. The maximum absolute atomic E-state index is 10.0. The molecule has 0 radical (unpaired) electrons. The van der Waals surface area contributed by atoms with Crippen LogP contribution in [0.5, 0.6) is 0 Å². The molecule has 0 saturated carbocycles. The average Bonchev–Trinajstić information content (AvgIpc) is 2.11. The van der Waals surface area contributed by atoms with Crippen LogP contribution < -0.4 is 0 Å². The summed E-state index contributed by atoms with van der Waals surface area (Å²) in [5, 5.41) is 10.0. The van der Waals surface area contributed by atoms with Crippen molar-refractivity contribution >= 4 is 0 Å². The zero-order chi connectivity index (χ0) is 12.6. The molecule has 0 bridgehead atoms. The summed E-state index contributed by atoms with van der Waals surface area (Å²) in [6.45, 7) is 9.67. The maximum Gasteiger partial charge on any atom is 0.161 e. The Hall–Kier alpha value is -0.160. The van der Waals surface area contributed by atoms with Crippen molar-refractivity contribution in [2.75, 3.05) is 7.11 Å². The smallest absolute Gasteiger partial charge is 0.161 e. The third-order valence-electron chi connectivity index (χ3n) is 2.96. The molecule has 96 valence electrons. The molecule has 0 aromatic rings. The van der Waals surface area contributed by atoms with E-state index in [1.807, 2.05) is 34.6 Å². The highest BCUT2D eigenvalue weighted by molar-refractivity contribution is 4.92. The Morgan fingerprint density at radius 2 is 1.94 bits per heavy atom. The highest BCUT2D eigenvalue weighted by Gasteiger charge is 2.45. The van der Waals surface area contributed by atoms with E-state index in [-0.39, 0.29) is 18.0 Å². The van der Waals surface area contributed by atoms with Crippen LogP contribution in [0, 0.1) is 0 Å². The lowest BCUT2D eigenvalue weighted by atomic mass is 9.88. The monoisotopic (exact) mass is 232 g/mol. The Morgan fingerprint density at radius 1 is 1.38 bits per heavy atom. The van der Waals surface area contributed by atoms with Crippen molar-refractivity contribution < 1.29 is 19.3 Å². The molecular weight excluding hydrogens is 208 g/mol. The number of hydrogen-bond donors (Lipinski definition) is 1. The zero-order valence-corrected chi connectivity index (χ0v) is 11.1. The maximum atomic E-state index is 10.0. The third-order valence-corrected chi connectivity index (χ3v) is 2.96. The van der Waals surface area contributed by atoms with Crippen molar-refractivity contribution in [1.82, 2.24) is 0 Å². The first kappa shape index (κ1) is 13.9. The normalized spacial score (nSPS) is 41.1. The van der Waals surface area contributed by atoms with E-state index in [2.05, 4.69) is 0 Å². The SMILES string of the molecule is CO[C@@]1(C)C[C@@H](OC(C)(C)C)O[C@@H](C)[C@H]1O. The molecular formula is C12H24O4. The molecule has 1 aliphatic rings. The van der Waals surface area contributed by atoms with Gasteiger partial charge in [-0.3, -0.25) is 0 Å². The van der Waals surface area contributed by atoms with Crippen molar-refractivity contribution in [1.29, 1.82) is 0 Å². The molecule has 1 heterocycles. The lowest BCUT2D eigenvalue weighted by Crippen LogP contribution is -2.57. The second kappa shape index (κ2) is 4.61. The largest absolute Gasteiger partial charge is 0.387 e. The molecule has 0 spiro atoms. The van der Waals surface area contributed by atoms with Gasteiger partial charge in [0.05, 0.1) is 17.3 Å². The van der Waals surface area contributed by atoms with E-state index in [0.717, 1.165) is 0 Å². The summed E-state index contributed by atoms with van der Waals surface area (Å²) >= 11 is 0. The van der Waals surface area contributed by atoms with Crippen molar-refractivity contribution in [3.05, 3.63) is 0 Å². The van der Waals surface area contributed by atoms with Gasteiger partial charge in [-0.15, -0.1) is 0 Å². The van der Waals surface area contributed by atoms with E-state index in [4.69, 9.17) is 14.2 Å². The van der Waals surface area contributed by atoms with E-state index in [1.54, 1.807) is 7.11 Å². The standard InChI is InChI=1S/C12H24O4/c1-8-10(13)12(5,14-6)7-9(15-8)16-11(2,3)4/h8-10,13H,7H2,1-6H3/t8-,9+,10+,12-/m0/s1. The molecule has 0 aliphatic carbocycles. The highest BCUT2D eigenvalue weighted by Crippen LogP contribution is 2.33. The lowest BCUT2D eigenvalue weighted by Gasteiger charge is -2.45. The number of aliphatic hydroxyl groups is 1. The van der Waals surface area contributed by atoms with Gasteiger partial charge >= 0.3 is 0 Å². The summed E-state index contributed by atoms with van der Waals surface area (Å²) in [7, 11) is 1.61. The van der Waals surface area contributed by atoms with Gasteiger partial charge in [-0.25, -0.2) is 0 Å². The second-order valence-corrected chi connectivity index (χ2v) is 5.67. The molecule has 1 rings (SSSR count). The molecule has 4 nitrogen and oxygen atoms in total. The van der Waals surface area contributed by atoms with Crippen LogP contribution in [0.4, 0.5) is 0 Å². The molecule has 1 fully saturated rings. The van der Waals surface area contributed by atoms with E-state index < -0.39 is 11.7 Å². The van der Waals surface area contributed by atoms with Gasteiger partial charge < -0.3 is 19.3 Å². The minimum atomic E-state index is -0.627. The third kappa shape index (κ3) is 3.17. The first-order valence-electron chi connectivity index (χ1n) is 5.74. The summed E-state index contributed by atoms with van der Waals surface area (Å²) in [4.78, 5) is 0. The van der Waals surface area contributed by atoms with Crippen LogP contribution in [0.2, 0.25) is 0 Å². The van der Waals surface area contributed by atoms with Gasteiger partial charge in [-0.2, -0.15) is 0 Å². The molecule has 0 amide bonds. The van der Waals surface area contributed by atoms with Gasteiger partial charge in [0.25, 0.3) is 0 Å². The van der Waals surface area contributed by atoms with Crippen LogP contribution >= 0.6 is 0 Å². The van der Waals surface area contributed by atoms with Crippen molar-refractivity contribution in [3.63, 3.8) is 0 Å². The van der Waals surface area contributed by atoms with Crippen LogP contribution in [-0.4, -0.2) is 41.9 Å². The molecule has 1 aliphatic heterocycles. The van der Waals surface area contributed by atoms with Crippen LogP contribution in [0.3, 0.4) is 0 Å². The van der Waals surface area contributed by atoms with Gasteiger partial charge in [0, 0.05) is 13.5 Å². The Balaban J connectivity index is 2.71. The molecule has 4 atom stereocenters. The van der Waals surface area contributed by atoms with Crippen LogP contribution in [0.25, 0.3) is 0 Å². The highest BCUT2D eigenvalue weighted by atomic mass is 16.7. The molecule has 4 heteroatoms. The predicted octanol–water partition coefficient (Wildman–Crippen LogP) is 1.70. The van der Waals surface area contributed by atoms with Gasteiger partial charge in [-0.1, -0.05) is 0 Å². The first-order chi connectivity index (χ1) is 7.18. The molecule has 1 saturated heterocycles. The van der Waals surface area contributed by atoms with Crippen LogP contribution in [0.1, 0.15) is 41.0 Å². The summed E-state index contributed by atoms with van der Waals surface area (Å²) in [5.41, 5.74) is -0.866. The molecule has 0 aromatic heterocycles.